The Labute approximate surface area is 116 Å². The Morgan fingerprint density at radius 2 is 2.10 bits per heavy atom. The van der Waals surface area contributed by atoms with E-state index < -0.39 is 0 Å². The second-order valence-corrected chi connectivity index (χ2v) is 5.22. The molecule has 104 valence electrons. The number of halogens is 1. The van der Waals surface area contributed by atoms with Crippen LogP contribution in [0.15, 0.2) is 36.8 Å². The maximum Gasteiger partial charge on any atom is 0.270 e. The maximum absolute atomic E-state index is 13.0. The van der Waals surface area contributed by atoms with E-state index >= 15 is 0 Å². The molecule has 1 aromatic carbocycles. The third-order valence-electron chi connectivity index (χ3n) is 3.66. The van der Waals surface area contributed by atoms with Gasteiger partial charge in [-0.05, 0) is 49.9 Å². The summed E-state index contributed by atoms with van der Waals surface area (Å²) in [6.07, 6.45) is 5.44. The van der Waals surface area contributed by atoms with Crippen molar-refractivity contribution in [1.82, 2.24) is 14.9 Å². The van der Waals surface area contributed by atoms with Gasteiger partial charge in [0.15, 0.2) is 0 Å². The first-order chi connectivity index (χ1) is 9.65. The minimum absolute atomic E-state index is 0.147. The van der Waals surface area contributed by atoms with Crippen molar-refractivity contribution in [2.45, 2.75) is 25.8 Å². The monoisotopic (exact) mass is 273 g/mol. The summed E-state index contributed by atoms with van der Waals surface area (Å²) in [5.74, 6) is 0.148. The van der Waals surface area contributed by atoms with Crippen LogP contribution in [0, 0.1) is 11.7 Å². The van der Waals surface area contributed by atoms with Gasteiger partial charge in [-0.1, -0.05) is 0 Å². The lowest BCUT2D eigenvalue weighted by Crippen LogP contribution is -2.35. The normalized spacial score (nSPS) is 15.9. The van der Waals surface area contributed by atoms with Gasteiger partial charge in [0.1, 0.15) is 11.5 Å². The van der Waals surface area contributed by atoms with Crippen molar-refractivity contribution in [3.63, 3.8) is 0 Å². The Morgan fingerprint density at radius 3 is 2.75 bits per heavy atom. The van der Waals surface area contributed by atoms with Crippen molar-refractivity contribution in [3.05, 3.63) is 48.3 Å². The Hall–Kier alpha value is -2.17. The molecule has 1 aromatic heterocycles. The van der Waals surface area contributed by atoms with E-state index in [0.717, 1.165) is 0 Å². The molecule has 1 aliphatic carbocycles. The predicted molar refractivity (Wildman–Crippen MR) is 73.2 cm³/mol. The first-order valence-corrected chi connectivity index (χ1v) is 6.74. The van der Waals surface area contributed by atoms with Gasteiger partial charge >= 0.3 is 0 Å². The fraction of sp³-hybridized carbons (Fsp3) is 0.333. The summed E-state index contributed by atoms with van der Waals surface area (Å²) in [5, 5.41) is 2.99. The quantitative estimate of drug-likeness (QED) is 0.930. The number of aromatic nitrogens is 2. The maximum atomic E-state index is 13.0. The summed E-state index contributed by atoms with van der Waals surface area (Å²) in [6, 6.07) is 6.16. The van der Waals surface area contributed by atoms with Crippen LogP contribution >= 0.6 is 0 Å². The van der Waals surface area contributed by atoms with Crippen LogP contribution in [0.1, 0.15) is 30.3 Å². The topological polar surface area (TPSA) is 46.9 Å². The van der Waals surface area contributed by atoms with Crippen LogP contribution in [0.25, 0.3) is 5.69 Å². The first-order valence-electron chi connectivity index (χ1n) is 6.74. The number of nitrogens with one attached hydrogen (secondary N) is 1. The van der Waals surface area contributed by atoms with Gasteiger partial charge in [0.25, 0.3) is 5.91 Å². The van der Waals surface area contributed by atoms with Crippen molar-refractivity contribution < 1.29 is 9.18 Å². The summed E-state index contributed by atoms with van der Waals surface area (Å²) >= 11 is 0. The molecule has 0 aliphatic heterocycles. The molecule has 0 spiro atoms. The molecule has 1 fully saturated rings. The molecule has 1 amide bonds. The second kappa shape index (κ2) is 5.07. The van der Waals surface area contributed by atoms with Crippen molar-refractivity contribution in [1.29, 1.82) is 0 Å². The van der Waals surface area contributed by atoms with Gasteiger partial charge in [-0.3, -0.25) is 9.36 Å². The SMILES string of the molecule is C[C@H](NC(=O)c1cncn1-c1ccc(F)cc1)C1CC1. The van der Waals surface area contributed by atoms with Crippen molar-refractivity contribution in [2.75, 3.05) is 0 Å². The van der Waals surface area contributed by atoms with Gasteiger partial charge in [0, 0.05) is 11.7 Å². The number of rotatable bonds is 4. The summed E-state index contributed by atoms with van der Waals surface area (Å²) in [6.45, 7) is 2.02. The predicted octanol–water partition coefficient (Wildman–Crippen LogP) is 2.54. The van der Waals surface area contributed by atoms with Crippen molar-refractivity contribution in [3.8, 4) is 5.69 Å². The molecule has 1 atom stereocenters. The highest BCUT2D eigenvalue weighted by atomic mass is 19.1. The molecular formula is C15H16FN3O. The zero-order valence-electron chi connectivity index (χ0n) is 11.2. The van der Waals surface area contributed by atoms with Gasteiger partial charge in [0.05, 0.1) is 12.5 Å². The highest BCUT2D eigenvalue weighted by Gasteiger charge is 2.29. The smallest absolute Gasteiger partial charge is 0.270 e. The Bertz CT molecular complexity index is 616. The molecule has 4 nitrogen and oxygen atoms in total. The molecule has 1 heterocycles. The van der Waals surface area contributed by atoms with E-state index in [2.05, 4.69) is 10.3 Å². The Kier molecular flexibility index (Phi) is 3.26. The number of hydrogen-bond donors (Lipinski definition) is 1. The summed E-state index contributed by atoms with van der Waals surface area (Å²) < 4.78 is 14.6. The molecule has 1 N–H and O–H groups in total. The Morgan fingerprint density at radius 1 is 1.40 bits per heavy atom. The van der Waals surface area contributed by atoms with E-state index in [-0.39, 0.29) is 17.8 Å². The van der Waals surface area contributed by atoms with Gasteiger partial charge in [-0.25, -0.2) is 9.37 Å². The fourth-order valence-corrected chi connectivity index (χ4v) is 2.27. The molecule has 1 aliphatic rings. The number of carbonyl (C=O) groups excluding carboxylic acids is 1. The molecule has 0 saturated heterocycles. The van der Waals surface area contributed by atoms with Crippen LogP contribution < -0.4 is 5.32 Å². The lowest BCUT2D eigenvalue weighted by atomic mass is 10.2. The number of benzene rings is 1. The van der Waals surface area contributed by atoms with Crippen LogP contribution in [0.2, 0.25) is 0 Å². The summed E-state index contributed by atoms with van der Waals surface area (Å²) in [5.41, 5.74) is 1.18. The van der Waals surface area contributed by atoms with Gasteiger partial charge in [0.2, 0.25) is 0 Å². The average Bonchev–Trinajstić information content (AvgIpc) is 3.17. The lowest BCUT2D eigenvalue weighted by molar-refractivity contribution is 0.0929. The second-order valence-electron chi connectivity index (χ2n) is 5.22. The zero-order valence-corrected chi connectivity index (χ0v) is 11.2. The van der Waals surface area contributed by atoms with Crippen LogP contribution in [0.4, 0.5) is 4.39 Å². The minimum atomic E-state index is -0.303. The van der Waals surface area contributed by atoms with Gasteiger partial charge < -0.3 is 5.32 Å². The summed E-state index contributed by atoms with van der Waals surface area (Å²) in [7, 11) is 0. The molecule has 0 radical (unpaired) electrons. The van der Waals surface area contributed by atoms with E-state index in [1.54, 1.807) is 23.0 Å². The molecule has 5 heteroatoms. The van der Waals surface area contributed by atoms with E-state index in [1.807, 2.05) is 6.92 Å². The van der Waals surface area contributed by atoms with E-state index in [9.17, 15) is 9.18 Å². The fourth-order valence-electron chi connectivity index (χ4n) is 2.27. The van der Waals surface area contributed by atoms with Crippen LogP contribution in [0.3, 0.4) is 0 Å². The summed E-state index contributed by atoms with van der Waals surface area (Å²) in [4.78, 5) is 16.3. The van der Waals surface area contributed by atoms with E-state index in [0.29, 0.717) is 17.3 Å². The van der Waals surface area contributed by atoms with E-state index in [4.69, 9.17) is 0 Å². The van der Waals surface area contributed by atoms with Crippen molar-refractivity contribution in [2.24, 2.45) is 5.92 Å². The third-order valence-corrected chi connectivity index (χ3v) is 3.66. The Balaban J connectivity index is 1.82. The number of amides is 1. The molecule has 0 bridgehead atoms. The molecule has 1 saturated carbocycles. The molecular weight excluding hydrogens is 257 g/mol. The number of imidazole rings is 1. The minimum Gasteiger partial charge on any atom is -0.348 e. The number of hydrogen-bond acceptors (Lipinski definition) is 2. The number of carbonyl (C=O) groups is 1. The zero-order chi connectivity index (χ0) is 14.1. The highest BCUT2D eigenvalue weighted by Crippen LogP contribution is 2.32. The largest absolute Gasteiger partial charge is 0.348 e. The van der Waals surface area contributed by atoms with Gasteiger partial charge in [-0.15, -0.1) is 0 Å². The first kappa shape index (κ1) is 12.8. The van der Waals surface area contributed by atoms with Crippen molar-refractivity contribution >= 4 is 5.91 Å². The molecule has 2 aromatic rings. The van der Waals surface area contributed by atoms with Crippen LogP contribution in [-0.2, 0) is 0 Å². The third kappa shape index (κ3) is 2.57. The van der Waals surface area contributed by atoms with Crippen LogP contribution in [-0.4, -0.2) is 21.5 Å². The standard InChI is InChI=1S/C15H16FN3O/c1-10(11-2-3-11)18-15(20)14-8-17-9-19(14)13-6-4-12(16)5-7-13/h4-11H,2-3H2,1H3,(H,18,20)/t10-/m0/s1. The molecule has 20 heavy (non-hydrogen) atoms. The lowest BCUT2D eigenvalue weighted by Gasteiger charge is -2.14. The molecule has 3 rings (SSSR count). The molecule has 0 unspecified atom stereocenters. The van der Waals surface area contributed by atoms with E-state index in [1.165, 1.54) is 31.2 Å². The number of nitrogens with zero attached hydrogens (tertiary/aromatic N) is 2. The average molecular weight is 273 g/mol. The van der Waals surface area contributed by atoms with Crippen LogP contribution in [0.5, 0.6) is 0 Å². The van der Waals surface area contributed by atoms with Gasteiger partial charge in [-0.2, -0.15) is 0 Å². The highest BCUT2D eigenvalue weighted by molar-refractivity contribution is 5.93.